The quantitative estimate of drug-likeness (QED) is 0.175. The highest BCUT2D eigenvalue weighted by atomic mass is 15.0. The molecular formula is C46H24N4. The maximum absolute atomic E-state index is 10.9. The molecule has 10 aromatic rings. The Kier molecular flexibility index (Phi) is 5.22. The van der Waals surface area contributed by atoms with E-state index in [1.165, 1.54) is 33.0 Å². The van der Waals surface area contributed by atoms with E-state index in [1.807, 2.05) is 24.3 Å². The van der Waals surface area contributed by atoms with E-state index in [0.717, 1.165) is 54.4 Å². The van der Waals surface area contributed by atoms with Gasteiger partial charge in [-0.05, 0) is 74.8 Å². The van der Waals surface area contributed by atoms with Gasteiger partial charge in [0.15, 0.2) is 0 Å². The summed E-state index contributed by atoms with van der Waals surface area (Å²) < 4.78 is 4.38. The molecule has 1 aliphatic carbocycles. The molecule has 0 saturated carbocycles. The highest BCUT2D eigenvalue weighted by Crippen LogP contribution is 2.51. The molecule has 0 fully saturated rings. The lowest BCUT2D eigenvalue weighted by atomic mass is 9.99. The molecule has 0 bridgehead atoms. The topological polar surface area (TPSA) is 38.0 Å². The standard InChI is InChI=1S/C46H24N4/c1-48-38-25-42(28(26-47)23-43(38)49-40-20-9-7-16-34(40)45-29-12-3-2-11-27(29)21-22-41(45)49)50-39-19-8-6-15-32(39)37-24-36-31-14-5-4-13-30(31)33-17-10-18-35(44(33)36)46(37)50/h2-25H. The molecule has 4 nitrogen and oxygen atoms in total. The van der Waals surface area contributed by atoms with Crippen LogP contribution in [0.25, 0.3) is 104 Å². The van der Waals surface area contributed by atoms with Crippen LogP contribution in [0.15, 0.2) is 146 Å². The minimum Gasteiger partial charge on any atom is -0.319 e. The van der Waals surface area contributed by atoms with Crippen molar-refractivity contribution >= 4 is 70.8 Å². The summed E-state index contributed by atoms with van der Waals surface area (Å²) in [5.41, 5.74) is 11.4. The fourth-order valence-electron chi connectivity index (χ4n) is 8.68. The molecule has 0 radical (unpaired) electrons. The average molecular weight is 633 g/mol. The molecule has 1 aliphatic rings. The van der Waals surface area contributed by atoms with Gasteiger partial charge in [-0.1, -0.05) is 109 Å². The largest absolute Gasteiger partial charge is 0.319 e. The van der Waals surface area contributed by atoms with Crippen molar-refractivity contribution in [2.75, 3.05) is 0 Å². The van der Waals surface area contributed by atoms with Crippen molar-refractivity contribution in [2.45, 2.75) is 0 Å². The van der Waals surface area contributed by atoms with Crippen LogP contribution in [-0.4, -0.2) is 9.13 Å². The van der Waals surface area contributed by atoms with E-state index in [4.69, 9.17) is 6.57 Å². The van der Waals surface area contributed by atoms with Gasteiger partial charge in [0, 0.05) is 26.9 Å². The zero-order chi connectivity index (χ0) is 33.1. The first-order valence-electron chi connectivity index (χ1n) is 16.7. The van der Waals surface area contributed by atoms with Crippen LogP contribution in [0.5, 0.6) is 0 Å². The van der Waals surface area contributed by atoms with Crippen LogP contribution >= 0.6 is 0 Å². The summed E-state index contributed by atoms with van der Waals surface area (Å²) in [6.45, 7) is 8.50. The van der Waals surface area contributed by atoms with E-state index >= 15 is 0 Å². The number of hydrogen-bond acceptors (Lipinski definition) is 1. The molecule has 0 atom stereocenters. The van der Waals surface area contributed by atoms with E-state index in [-0.39, 0.29) is 0 Å². The molecule has 8 aromatic carbocycles. The lowest BCUT2D eigenvalue weighted by Crippen LogP contribution is -2.02. The van der Waals surface area contributed by atoms with Crippen LogP contribution < -0.4 is 0 Å². The van der Waals surface area contributed by atoms with Crippen molar-refractivity contribution in [2.24, 2.45) is 0 Å². The zero-order valence-corrected chi connectivity index (χ0v) is 26.6. The first kappa shape index (κ1) is 26.9. The number of benzene rings is 8. The Morgan fingerprint density at radius 2 is 1.14 bits per heavy atom. The molecule has 4 heteroatoms. The third kappa shape index (κ3) is 3.32. The number of rotatable bonds is 2. The molecule has 0 N–H and O–H groups in total. The minimum absolute atomic E-state index is 0.485. The van der Waals surface area contributed by atoms with Crippen molar-refractivity contribution in [3.8, 4) is 39.7 Å². The molecule has 228 valence electrons. The average Bonchev–Trinajstić information content (AvgIpc) is 3.81. The number of hydrogen-bond donors (Lipinski definition) is 0. The minimum atomic E-state index is 0.485. The predicted molar refractivity (Wildman–Crippen MR) is 206 cm³/mol. The van der Waals surface area contributed by atoms with Gasteiger partial charge in [0.1, 0.15) is 6.07 Å². The molecule has 0 saturated heterocycles. The van der Waals surface area contributed by atoms with Gasteiger partial charge in [-0.2, -0.15) is 5.26 Å². The van der Waals surface area contributed by atoms with Gasteiger partial charge in [0.25, 0.3) is 0 Å². The van der Waals surface area contributed by atoms with Gasteiger partial charge >= 0.3 is 0 Å². The molecule has 50 heavy (non-hydrogen) atoms. The fraction of sp³-hybridized carbons (Fsp3) is 0. The number of nitriles is 1. The second-order valence-corrected chi connectivity index (χ2v) is 13.1. The molecule has 11 rings (SSSR count). The molecular weight excluding hydrogens is 609 g/mol. The Morgan fingerprint density at radius 1 is 0.480 bits per heavy atom. The third-order valence-electron chi connectivity index (χ3n) is 10.7. The van der Waals surface area contributed by atoms with Gasteiger partial charge in [-0.25, -0.2) is 4.85 Å². The monoisotopic (exact) mass is 632 g/mol. The summed E-state index contributed by atoms with van der Waals surface area (Å²) in [7, 11) is 0. The van der Waals surface area contributed by atoms with Crippen LogP contribution in [-0.2, 0) is 0 Å². The molecule has 0 spiro atoms. The number of nitrogens with zero attached hydrogens (tertiary/aromatic N) is 4. The van der Waals surface area contributed by atoms with Gasteiger partial charge in [0.05, 0.1) is 45.6 Å². The Bertz CT molecular complexity index is 3230. The predicted octanol–water partition coefficient (Wildman–Crippen LogP) is 12.3. The maximum atomic E-state index is 10.9. The Hall–Kier alpha value is -7.14. The van der Waals surface area contributed by atoms with E-state index in [1.54, 1.807) is 0 Å². The van der Waals surface area contributed by atoms with Gasteiger partial charge in [0.2, 0.25) is 5.69 Å². The normalized spacial score (nSPS) is 12.0. The number of fused-ring (bicyclic) bond motifs is 12. The van der Waals surface area contributed by atoms with Crippen LogP contribution in [0.3, 0.4) is 0 Å². The SMILES string of the molecule is [C-]#[N+]c1cc(-n2c3ccccc3c3cc4c5c(cccc5c32)-c2ccccc2-4)c(C#N)cc1-n1c2ccccc2c2c3ccccc3ccc21. The maximum Gasteiger partial charge on any atom is 0.212 e. The lowest BCUT2D eigenvalue weighted by Gasteiger charge is -2.16. The van der Waals surface area contributed by atoms with Crippen molar-refractivity contribution in [3.63, 3.8) is 0 Å². The summed E-state index contributed by atoms with van der Waals surface area (Å²) in [5.74, 6) is 0. The second-order valence-electron chi connectivity index (χ2n) is 13.1. The zero-order valence-electron chi connectivity index (χ0n) is 26.6. The van der Waals surface area contributed by atoms with Crippen LogP contribution in [0, 0.1) is 17.9 Å². The van der Waals surface area contributed by atoms with Crippen LogP contribution in [0.1, 0.15) is 5.56 Å². The summed E-state index contributed by atoms with van der Waals surface area (Å²) in [6.07, 6.45) is 0. The summed E-state index contributed by atoms with van der Waals surface area (Å²) >= 11 is 0. The van der Waals surface area contributed by atoms with Crippen molar-refractivity contribution in [3.05, 3.63) is 163 Å². The molecule has 2 heterocycles. The summed E-state index contributed by atoms with van der Waals surface area (Å²) in [4.78, 5) is 4.14. The first-order chi connectivity index (χ1) is 24.7. The van der Waals surface area contributed by atoms with Crippen LogP contribution in [0.4, 0.5) is 5.69 Å². The highest BCUT2D eigenvalue weighted by molar-refractivity contribution is 6.28. The third-order valence-corrected chi connectivity index (χ3v) is 10.7. The molecule has 0 aliphatic heterocycles. The van der Waals surface area contributed by atoms with E-state index in [2.05, 4.69) is 141 Å². The van der Waals surface area contributed by atoms with Gasteiger partial charge < -0.3 is 9.13 Å². The Balaban J connectivity index is 1.26. The van der Waals surface area contributed by atoms with Crippen molar-refractivity contribution in [1.82, 2.24) is 9.13 Å². The Labute approximate surface area is 286 Å². The van der Waals surface area contributed by atoms with Gasteiger partial charge in [-0.3, -0.25) is 0 Å². The van der Waals surface area contributed by atoms with Gasteiger partial charge in [-0.15, -0.1) is 0 Å². The Morgan fingerprint density at radius 3 is 1.94 bits per heavy atom. The van der Waals surface area contributed by atoms with Crippen LogP contribution in [0.2, 0.25) is 0 Å². The van der Waals surface area contributed by atoms with E-state index < -0.39 is 0 Å². The summed E-state index contributed by atoms with van der Waals surface area (Å²) in [5, 5.41) is 20.1. The molecule has 2 aromatic heterocycles. The lowest BCUT2D eigenvalue weighted by molar-refractivity contribution is 1.14. The first-order valence-corrected chi connectivity index (χ1v) is 16.7. The number of aromatic nitrogens is 2. The van der Waals surface area contributed by atoms with E-state index in [0.29, 0.717) is 22.6 Å². The number of para-hydroxylation sites is 2. The van der Waals surface area contributed by atoms with Crippen molar-refractivity contribution in [1.29, 1.82) is 5.26 Å². The van der Waals surface area contributed by atoms with E-state index in [9.17, 15) is 5.26 Å². The fourth-order valence-corrected chi connectivity index (χ4v) is 8.68. The molecule has 0 amide bonds. The van der Waals surface area contributed by atoms with Crippen molar-refractivity contribution < 1.29 is 0 Å². The smallest absolute Gasteiger partial charge is 0.212 e. The highest BCUT2D eigenvalue weighted by Gasteiger charge is 2.27. The second kappa shape index (κ2) is 9.70. The molecule has 0 unspecified atom stereocenters. The summed E-state index contributed by atoms with van der Waals surface area (Å²) in [6, 6.07) is 53.3.